The normalized spacial score (nSPS) is 18.1. The Morgan fingerprint density at radius 1 is 1.53 bits per heavy atom. The predicted molar refractivity (Wildman–Crippen MR) is 59.8 cm³/mol. The summed E-state index contributed by atoms with van der Waals surface area (Å²) in [6.07, 6.45) is 4.55. The summed E-state index contributed by atoms with van der Waals surface area (Å²) in [6.45, 7) is 5.05. The van der Waals surface area contributed by atoms with Gasteiger partial charge in [0.2, 0.25) is 0 Å². The average molecular weight is 208 g/mol. The third-order valence-electron chi connectivity index (χ3n) is 3.16. The maximum Gasteiger partial charge on any atom is 0.0874 e. The lowest BCUT2D eigenvalue weighted by atomic mass is 10.1. The van der Waals surface area contributed by atoms with Crippen LogP contribution in [0.4, 0.5) is 0 Å². The molecule has 0 amide bonds. The Morgan fingerprint density at radius 3 is 2.80 bits per heavy atom. The Hall–Kier alpha value is -0.900. The molecule has 4 nitrogen and oxygen atoms in total. The van der Waals surface area contributed by atoms with E-state index in [1.165, 1.54) is 18.5 Å². The van der Waals surface area contributed by atoms with E-state index < -0.39 is 0 Å². The minimum Gasteiger partial charge on any atom is -0.330 e. The Labute approximate surface area is 90.8 Å². The van der Waals surface area contributed by atoms with Crippen molar-refractivity contribution in [1.82, 2.24) is 15.0 Å². The van der Waals surface area contributed by atoms with Crippen molar-refractivity contribution >= 4 is 0 Å². The summed E-state index contributed by atoms with van der Waals surface area (Å²) >= 11 is 0. The van der Waals surface area contributed by atoms with Crippen molar-refractivity contribution < 1.29 is 0 Å². The number of aromatic nitrogens is 3. The van der Waals surface area contributed by atoms with Gasteiger partial charge in [0.1, 0.15) is 0 Å². The monoisotopic (exact) mass is 208 g/mol. The molecule has 4 heteroatoms. The molecule has 0 aliphatic heterocycles. The second-order valence-electron chi connectivity index (χ2n) is 4.44. The van der Waals surface area contributed by atoms with Gasteiger partial charge in [-0.2, -0.15) is 0 Å². The quantitative estimate of drug-likeness (QED) is 0.800. The highest BCUT2D eigenvalue weighted by Gasteiger charge is 2.31. The highest BCUT2D eigenvalue weighted by molar-refractivity contribution is 5.21. The number of nitrogens with zero attached hydrogens (tertiary/aromatic N) is 3. The minimum atomic E-state index is 0.458. The zero-order valence-electron chi connectivity index (χ0n) is 9.61. The van der Waals surface area contributed by atoms with Gasteiger partial charge in [-0.3, -0.25) is 0 Å². The van der Waals surface area contributed by atoms with Crippen molar-refractivity contribution in [2.24, 2.45) is 5.73 Å². The Balaban J connectivity index is 2.29. The number of hydrogen-bond donors (Lipinski definition) is 1. The fourth-order valence-corrected chi connectivity index (χ4v) is 1.93. The molecule has 1 aliphatic rings. The third-order valence-corrected chi connectivity index (χ3v) is 3.16. The summed E-state index contributed by atoms with van der Waals surface area (Å²) in [6, 6.07) is 0.458. The van der Waals surface area contributed by atoms with Crippen LogP contribution >= 0.6 is 0 Å². The largest absolute Gasteiger partial charge is 0.330 e. The van der Waals surface area contributed by atoms with Crippen LogP contribution in [0.15, 0.2) is 0 Å². The van der Waals surface area contributed by atoms with Gasteiger partial charge < -0.3 is 5.73 Å². The lowest BCUT2D eigenvalue weighted by Gasteiger charge is -2.12. The van der Waals surface area contributed by atoms with Crippen molar-refractivity contribution in [2.75, 3.05) is 6.54 Å². The van der Waals surface area contributed by atoms with Gasteiger partial charge in [0, 0.05) is 12.3 Å². The maximum atomic E-state index is 5.59. The second-order valence-corrected chi connectivity index (χ2v) is 4.44. The summed E-state index contributed by atoms with van der Waals surface area (Å²) in [7, 11) is 0. The van der Waals surface area contributed by atoms with Gasteiger partial charge in [-0.05, 0) is 32.7 Å². The van der Waals surface area contributed by atoms with E-state index >= 15 is 0 Å². The molecule has 0 radical (unpaired) electrons. The van der Waals surface area contributed by atoms with E-state index in [2.05, 4.69) is 28.8 Å². The van der Waals surface area contributed by atoms with Crippen molar-refractivity contribution in [2.45, 2.75) is 51.5 Å². The van der Waals surface area contributed by atoms with Gasteiger partial charge in [0.25, 0.3) is 0 Å². The van der Waals surface area contributed by atoms with E-state index in [-0.39, 0.29) is 0 Å². The Morgan fingerprint density at radius 2 is 2.27 bits per heavy atom. The molecule has 0 spiro atoms. The summed E-state index contributed by atoms with van der Waals surface area (Å²) in [5.41, 5.74) is 8.07. The van der Waals surface area contributed by atoms with Crippen molar-refractivity contribution in [1.29, 1.82) is 0 Å². The van der Waals surface area contributed by atoms with Gasteiger partial charge in [-0.1, -0.05) is 12.1 Å². The van der Waals surface area contributed by atoms with Crippen molar-refractivity contribution in [3.05, 3.63) is 11.4 Å². The lowest BCUT2D eigenvalue weighted by Crippen LogP contribution is -2.11. The SMILES string of the molecule is CCC(C)n1nnc(CCN)c1C1CC1. The van der Waals surface area contributed by atoms with Crippen LogP contribution in [0.3, 0.4) is 0 Å². The van der Waals surface area contributed by atoms with Crippen LogP contribution in [0.2, 0.25) is 0 Å². The second kappa shape index (κ2) is 4.31. The molecule has 84 valence electrons. The first kappa shape index (κ1) is 10.6. The first-order valence-corrected chi connectivity index (χ1v) is 5.92. The van der Waals surface area contributed by atoms with Crippen LogP contribution in [0.1, 0.15) is 56.5 Å². The van der Waals surface area contributed by atoms with Crippen LogP contribution in [0, 0.1) is 0 Å². The molecule has 0 bridgehead atoms. The molecule has 1 atom stereocenters. The smallest absolute Gasteiger partial charge is 0.0874 e. The zero-order valence-corrected chi connectivity index (χ0v) is 9.61. The van der Waals surface area contributed by atoms with E-state index in [1.807, 2.05) is 0 Å². The predicted octanol–water partition coefficient (Wildman–Crippen LogP) is 1.63. The van der Waals surface area contributed by atoms with Gasteiger partial charge in [-0.15, -0.1) is 5.10 Å². The molecule has 1 saturated carbocycles. The molecule has 2 rings (SSSR count). The first-order valence-electron chi connectivity index (χ1n) is 5.92. The van der Waals surface area contributed by atoms with Gasteiger partial charge in [0.15, 0.2) is 0 Å². The van der Waals surface area contributed by atoms with Crippen LogP contribution in [-0.2, 0) is 6.42 Å². The lowest BCUT2D eigenvalue weighted by molar-refractivity contribution is 0.448. The maximum absolute atomic E-state index is 5.59. The fraction of sp³-hybridized carbons (Fsp3) is 0.818. The molecule has 1 heterocycles. The molecule has 1 aromatic heterocycles. The molecule has 1 aromatic rings. The van der Waals surface area contributed by atoms with Crippen LogP contribution < -0.4 is 5.73 Å². The molecule has 1 aliphatic carbocycles. The summed E-state index contributed by atoms with van der Waals surface area (Å²) in [4.78, 5) is 0. The summed E-state index contributed by atoms with van der Waals surface area (Å²) < 4.78 is 2.11. The van der Waals surface area contributed by atoms with E-state index in [0.29, 0.717) is 18.5 Å². The van der Waals surface area contributed by atoms with Gasteiger partial charge in [0.05, 0.1) is 17.4 Å². The Bertz CT molecular complexity index is 327. The molecule has 2 N–H and O–H groups in total. The van der Waals surface area contributed by atoms with E-state index in [9.17, 15) is 0 Å². The Kier molecular flexibility index (Phi) is 3.05. The topological polar surface area (TPSA) is 56.7 Å². The van der Waals surface area contributed by atoms with Gasteiger partial charge >= 0.3 is 0 Å². The number of rotatable bonds is 5. The molecule has 0 aromatic carbocycles. The molecule has 0 saturated heterocycles. The number of hydrogen-bond acceptors (Lipinski definition) is 3. The minimum absolute atomic E-state index is 0.458. The molecule has 15 heavy (non-hydrogen) atoms. The zero-order chi connectivity index (χ0) is 10.8. The molecular formula is C11H20N4. The van der Waals surface area contributed by atoms with Gasteiger partial charge in [-0.25, -0.2) is 4.68 Å². The number of nitrogens with two attached hydrogens (primary N) is 1. The summed E-state index contributed by atoms with van der Waals surface area (Å²) in [5.74, 6) is 0.704. The van der Waals surface area contributed by atoms with Crippen LogP contribution in [-0.4, -0.2) is 21.5 Å². The highest BCUT2D eigenvalue weighted by Crippen LogP contribution is 2.42. The molecule has 1 unspecified atom stereocenters. The standard InChI is InChI=1S/C11H20N4/c1-3-8(2)15-11(9-4-5-9)10(6-7-12)13-14-15/h8-9H,3-7,12H2,1-2H3. The van der Waals surface area contributed by atoms with Crippen molar-refractivity contribution in [3.8, 4) is 0 Å². The first-order chi connectivity index (χ1) is 7.27. The summed E-state index contributed by atoms with van der Waals surface area (Å²) in [5, 5.41) is 8.55. The molecule has 1 fully saturated rings. The van der Waals surface area contributed by atoms with E-state index in [0.717, 1.165) is 18.5 Å². The van der Waals surface area contributed by atoms with Crippen LogP contribution in [0.5, 0.6) is 0 Å². The van der Waals surface area contributed by atoms with Crippen molar-refractivity contribution in [3.63, 3.8) is 0 Å². The van der Waals surface area contributed by atoms with Crippen LogP contribution in [0.25, 0.3) is 0 Å². The fourth-order valence-electron chi connectivity index (χ4n) is 1.93. The van der Waals surface area contributed by atoms with E-state index in [4.69, 9.17) is 5.73 Å². The average Bonchev–Trinajstić information content (AvgIpc) is 3.00. The third kappa shape index (κ3) is 2.04. The van der Waals surface area contributed by atoms with E-state index in [1.54, 1.807) is 0 Å². The molecular weight excluding hydrogens is 188 g/mol. The highest BCUT2D eigenvalue weighted by atomic mass is 15.4.